The predicted octanol–water partition coefficient (Wildman–Crippen LogP) is 1.77. The molecule has 19 heavy (non-hydrogen) atoms. The molecule has 2 amide bonds. The van der Waals surface area contributed by atoms with Crippen LogP contribution in [-0.4, -0.2) is 29.8 Å². The molecule has 1 atom stereocenters. The van der Waals surface area contributed by atoms with E-state index < -0.39 is 0 Å². The van der Waals surface area contributed by atoms with Gasteiger partial charge in [0.15, 0.2) is 0 Å². The number of halogens is 2. The summed E-state index contributed by atoms with van der Waals surface area (Å²) in [5.74, 6) is -1.19. The van der Waals surface area contributed by atoms with E-state index in [2.05, 4.69) is 0 Å². The van der Waals surface area contributed by atoms with Gasteiger partial charge in [0, 0.05) is 16.7 Å². The van der Waals surface area contributed by atoms with Crippen molar-refractivity contribution in [2.75, 3.05) is 13.1 Å². The molecular formula is C13H14FIN2O2. The zero-order valence-corrected chi connectivity index (χ0v) is 12.4. The van der Waals surface area contributed by atoms with Crippen molar-refractivity contribution in [1.82, 2.24) is 4.90 Å². The Bertz CT molecular complexity index is 521. The van der Waals surface area contributed by atoms with Gasteiger partial charge in [-0.3, -0.25) is 9.59 Å². The van der Waals surface area contributed by atoms with Crippen LogP contribution in [0.15, 0.2) is 18.2 Å². The van der Waals surface area contributed by atoms with E-state index in [0.29, 0.717) is 22.2 Å². The number of nitrogens with zero attached hydrogens (tertiary/aromatic N) is 1. The summed E-state index contributed by atoms with van der Waals surface area (Å²) in [6, 6.07) is 4.07. The fourth-order valence-electron chi connectivity index (χ4n) is 2.23. The Labute approximate surface area is 124 Å². The number of likely N-dealkylation sites (tertiary alicyclic amines) is 1. The molecule has 1 saturated heterocycles. The number of primary amides is 1. The van der Waals surface area contributed by atoms with Gasteiger partial charge in [-0.2, -0.15) is 0 Å². The number of nitrogens with two attached hydrogens (primary N) is 1. The van der Waals surface area contributed by atoms with Gasteiger partial charge in [-0.1, -0.05) is 0 Å². The summed E-state index contributed by atoms with van der Waals surface area (Å²) in [5, 5.41) is 0. The van der Waals surface area contributed by atoms with Crippen molar-refractivity contribution in [3.8, 4) is 0 Å². The summed E-state index contributed by atoms with van der Waals surface area (Å²) in [4.78, 5) is 25.2. The Morgan fingerprint density at radius 1 is 1.42 bits per heavy atom. The minimum Gasteiger partial charge on any atom is -0.369 e. The van der Waals surface area contributed by atoms with E-state index in [-0.39, 0.29) is 23.5 Å². The molecule has 1 heterocycles. The van der Waals surface area contributed by atoms with E-state index in [1.54, 1.807) is 4.90 Å². The fraction of sp³-hybridized carbons (Fsp3) is 0.385. The van der Waals surface area contributed by atoms with Crippen molar-refractivity contribution >= 4 is 34.4 Å². The van der Waals surface area contributed by atoms with Crippen LogP contribution in [0.3, 0.4) is 0 Å². The molecule has 0 spiro atoms. The van der Waals surface area contributed by atoms with Gasteiger partial charge in [-0.05, 0) is 53.6 Å². The third-order valence-corrected chi connectivity index (χ3v) is 4.17. The number of carbonyl (C=O) groups excluding carboxylic acids is 2. The summed E-state index contributed by atoms with van der Waals surface area (Å²) < 4.78 is 13.6. The zero-order valence-electron chi connectivity index (χ0n) is 10.2. The summed E-state index contributed by atoms with van der Waals surface area (Å²) >= 11 is 1.94. The lowest BCUT2D eigenvalue weighted by Crippen LogP contribution is -2.44. The van der Waals surface area contributed by atoms with Gasteiger partial charge in [0.05, 0.1) is 11.5 Å². The second kappa shape index (κ2) is 5.85. The van der Waals surface area contributed by atoms with E-state index >= 15 is 0 Å². The average molecular weight is 376 g/mol. The highest BCUT2D eigenvalue weighted by Crippen LogP contribution is 2.21. The molecule has 2 rings (SSSR count). The summed E-state index contributed by atoms with van der Waals surface area (Å²) in [5.41, 5.74) is 5.75. The smallest absolute Gasteiger partial charge is 0.254 e. The topological polar surface area (TPSA) is 63.4 Å². The second-order valence-electron chi connectivity index (χ2n) is 4.62. The van der Waals surface area contributed by atoms with Gasteiger partial charge in [0.25, 0.3) is 5.91 Å². The Hall–Kier alpha value is -1.18. The minimum absolute atomic E-state index is 0.171. The van der Waals surface area contributed by atoms with Crippen molar-refractivity contribution < 1.29 is 14.0 Å². The number of carbonyl (C=O) groups is 2. The molecule has 0 saturated carbocycles. The molecule has 1 fully saturated rings. The van der Waals surface area contributed by atoms with E-state index in [9.17, 15) is 14.0 Å². The van der Waals surface area contributed by atoms with E-state index in [4.69, 9.17) is 5.73 Å². The Morgan fingerprint density at radius 3 is 2.79 bits per heavy atom. The first-order chi connectivity index (χ1) is 8.99. The molecule has 1 aromatic rings. The molecule has 2 N–H and O–H groups in total. The predicted molar refractivity (Wildman–Crippen MR) is 76.9 cm³/mol. The first kappa shape index (κ1) is 14.2. The standard InChI is InChI=1S/C13H14FIN2O2/c14-9-3-4-10(11(15)6-9)13(19)17-5-1-2-8(7-17)12(16)18/h3-4,6,8H,1-2,5,7H2,(H2,16,18). The number of hydrogen-bond donors (Lipinski definition) is 1. The average Bonchev–Trinajstić information content (AvgIpc) is 2.38. The second-order valence-corrected chi connectivity index (χ2v) is 5.78. The molecule has 0 radical (unpaired) electrons. The largest absolute Gasteiger partial charge is 0.369 e. The van der Waals surface area contributed by atoms with Crippen LogP contribution < -0.4 is 5.73 Å². The zero-order chi connectivity index (χ0) is 14.0. The molecule has 1 aliphatic rings. The quantitative estimate of drug-likeness (QED) is 0.800. The Kier molecular flexibility index (Phi) is 4.38. The third kappa shape index (κ3) is 3.23. The molecule has 0 aromatic heterocycles. The van der Waals surface area contributed by atoms with Crippen molar-refractivity contribution in [2.45, 2.75) is 12.8 Å². The maximum absolute atomic E-state index is 13.0. The van der Waals surface area contributed by atoms with Gasteiger partial charge in [-0.15, -0.1) is 0 Å². The highest BCUT2D eigenvalue weighted by atomic mass is 127. The lowest BCUT2D eigenvalue weighted by atomic mass is 9.97. The molecule has 6 heteroatoms. The summed E-state index contributed by atoms with van der Waals surface area (Å²) in [6.07, 6.45) is 1.48. The molecule has 1 aliphatic heterocycles. The van der Waals surface area contributed by atoms with E-state index in [1.165, 1.54) is 18.2 Å². The van der Waals surface area contributed by atoms with Gasteiger partial charge in [0.1, 0.15) is 5.82 Å². The SMILES string of the molecule is NC(=O)C1CCCN(C(=O)c2ccc(F)cc2I)C1. The van der Waals surface area contributed by atoms with Crippen LogP contribution in [0, 0.1) is 15.3 Å². The van der Waals surface area contributed by atoms with E-state index in [0.717, 1.165) is 12.8 Å². The molecule has 4 nitrogen and oxygen atoms in total. The van der Waals surface area contributed by atoms with Gasteiger partial charge in [0.2, 0.25) is 5.91 Å². The number of amides is 2. The fourth-order valence-corrected chi connectivity index (χ4v) is 2.94. The summed E-state index contributed by atoms with van der Waals surface area (Å²) in [6.45, 7) is 0.956. The van der Waals surface area contributed by atoms with Crippen molar-refractivity contribution in [2.24, 2.45) is 11.7 Å². The third-order valence-electron chi connectivity index (χ3n) is 3.27. The lowest BCUT2D eigenvalue weighted by molar-refractivity contribution is -0.123. The monoisotopic (exact) mass is 376 g/mol. The van der Waals surface area contributed by atoms with Crippen molar-refractivity contribution in [1.29, 1.82) is 0 Å². The van der Waals surface area contributed by atoms with Gasteiger partial charge >= 0.3 is 0 Å². The van der Waals surface area contributed by atoms with Crippen LogP contribution in [0.2, 0.25) is 0 Å². The molecule has 1 aromatic carbocycles. The highest BCUT2D eigenvalue weighted by molar-refractivity contribution is 14.1. The molecule has 1 unspecified atom stereocenters. The number of benzene rings is 1. The number of hydrogen-bond acceptors (Lipinski definition) is 2. The normalized spacial score (nSPS) is 19.3. The number of rotatable bonds is 2. The van der Waals surface area contributed by atoms with Crippen molar-refractivity contribution in [3.63, 3.8) is 0 Å². The number of piperidine rings is 1. The van der Waals surface area contributed by atoms with E-state index in [1.807, 2.05) is 22.6 Å². The molecule has 102 valence electrons. The van der Waals surface area contributed by atoms with Crippen LogP contribution in [0.4, 0.5) is 4.39 Å². The van der Waals surface area contributed by atoms with Crippen LogP contribution in [0.25, 0.3) is 0 Å². The molecular weight excluding hydrogens is 362 g/mol. The molecule has 0 aliphatic carbocycles. The molecule has 0 bridgehead atoms. The lowest BCUT2D eigenvalue weighted by Gasteiger charge is -2.31. The first-order valence-corrected chi connectivity index (χ1v) is 7.10. The van der Waals surface area contributed by atoms with Crippen LogP contribution in [-0.2, 0) is 4.79 Å². The van der Waals surface area contributed by atoms with Crippen LogP contribution in [0.5, 0.6) is 0 Å². The maximum atomic E-state index is 13.0. The first-order valence-electron chi connectivity index (χ1n) is 6.02. The van der Waals surface area contributed by atoms with Crippen LogP contribution in [0.1, 0.15) is 23.2 Å². The van der Waals surface area contributed by atoms with Gasteiger partial charge in [-0.25, -0.2) is 4.39 Å². The van der Waals surface area contributed by atoms with Crippen molar-refractivity contribution in [3.05, 3.63) is 33.1 Å². The Morgan fingerprint density at radius 2 is 2.16 bits per heavy atom. The summed E-state index contributed by atoms with van der Waals surface area (Å²) in [7, 11) is 0. The van der Waals surface area contributed by atoms with Gasteiger partial charge < -0.3 is 10.6 Å². The highest BCUT2D eigenvalue weighted by Gasteiger charge is 2.28. The Balaban J connectivity index is 2.17. The van der Waals surface area contributed by atoms with Crippen LogP contribution >= 0.6 is 22.6 Å². The minimum atomic E-state index is -0.369. The maximum Gasteiger partial charge on any atom is 0.254 e.